The summed E-state index contributed by atoms with van der Waals surface area (Å²) in [7, 11) is 0. The van der Waals surface area contributed by atoms with E-state index in [0.29, 0.717) is 0 Å². The van der Waals surface area contributed by atoms with Gasteiger partial charge >= 0.3 is 0 Å². The summed E-state index contributed by atoms with van der Waals surface area (Å²) in [4.78, 5) is 2.34. The predicted molar refractivity (Wildman–Crippen MR) is 87.2 cm³/mol. The fourth-order valence-electron chi connectivity index (χ4n) is 2.44. The molecule has 0 radical (unpaired) electrons. The first-order valence-corrected chi connectivity index (χ1v) is 7.30. The number of rotatable bonds is 6. The van der Waals surface area contributed by atoms with Crippen molar-refractivity contribution in [2.45, 2.75) is 26.3 Å². The fraction of sp³-hybridized carbons (Fsp3) is 0.333. The van der Waals surface area contributed by atoms with Gasteiger partial charge in [-0.1, -0.05) is 48.0 Å². The Morgan fingerprint density at radius 1 is 1.00 bits per heavy atom. The number of hydrogen-bond donors (Lipinski definition) is 1. The molecule has 0 aliphatic rings. The first-order valence-electron chi connectivity index (χ1n) is 7.30. The van der Waals surface area contributed by atoms with E-state index in [9.17, 15) is 0 Å². The third-order valence-corrected chi connectivity index (χ3v) is 3.58. The summed E-state index contributed by atoms with van der Waals surface area (Å²) in [5, 5.41) is 0. The zero-order valence-electron chi connectivity index (χ0n) is 12.4. The Bertz CT molecular complexity index is 505. The average molecular weight is 268 g/mol. The average Bonchev–Trinajstić information content (AvgIpc) is 2.47. The summed E-state index contributed by atoms with van der Waals surface area (Å²) < 4.78 is 0. The van der Waals surface area contributed by atoms with Gasteiger partial charge in [-0.25, -0.2) is 0 Å². The van der Waals surface area contributed by atoms with Crippen molar-refractivity contribution in [3.8, 4) is 0 Å². The molecule has 0 saturated carbocycles. The number of likely N-dealkylation sites (N-methyl/N-ethyl adjacent to an activating group) is 1. The highest BCUT2D eigenvalue weighted by Gasteiger charge is 2.10. The topological polar surface area (TPSA) is 29.3 Å². The first kappa shape index (κ1) is 14.6. The van der Waals surface area contributed by atoms with Gasteiger partial charge in [0.05, 0.1) is 0 Å². The zero-order chi connectivity index (χ0) is 14.4. The van der Waals surface area contributed by atoms with Crippen LogP contribution in [-0.2, 0) is 6.42 Å². The van der Waals surface area contributed by atoms with E-state index < -0.39 is 0 Å². The van der Waals surface area contributed by atoms with Crippen LogP contribution in [0.1, 0.15) is 18.1 Å². The minimum Gasteiger partial charge on any atom is -0.370 e. The van der Waals surface area contributed by atoms with E-state index in [1.165, 1.54) is 16.8 Å². The minimum absolute atomic E-state index is 0.152. The van der Waals surface area contributed by atoms with Crippen LogP contribution in [0.4, 0.5) is 5.69 Å². The number of benzene rings is 2. The molecule has 0 aliphatic carbocycles. The van der Waals surface area contributed by atoms with Gasteiger partial charge in [-0.2, -0.15) is 0 Å². The van der Waals surface area contributed by atoms with E-state index in [0.717, 1.165) is 19.5 Å². The Labute approximate surface area is 122 Å². The van der Waals surface area contributed by atoms with Crippen molar-refractivity contribution >= 4 is 5.69 Å². The maximum absolute atomic E-state index is 6.31. The highest BCUT2D eigenvalue weighted by Crippen LogP contribution is 2.15. The summed E-state index contributed by atoms with van der Waals surface area (Å²) in [5.74, 6) is 0. The van der Waals surface area contributed by atoms with E-state index in [-0.39, 0.29) is 6.04 Å². The Balaban J connectivity index is 1.97. The zero-order valence-corrected chi connectivity index (χ0v) is 12.4. The monoisotopic (exact) mass is 268 g/mol. The highest BCUT2D eigenvalue weighted by atomic mass is 15.1. The molecule has 2 aromatic rings. The first-order chi connectivity index (χ1) is 9.69. The van der Waals surface area contributed by atoms with Gasteiger partial charge in [-0.15, -0.1) is 0 Å². The number of nitrogens with zero attached hydrogens (tertiary/aromatic N) is 1. The van der Waals surface area contributed by atoms with Gasteiger partial charge in [-0.3, -0.25) is 0 Å². The molecule has 2 N–H and O–H groups in total. The maximum Gasteiger partial charge on any atom is 0.0366 e. The molecule has 0 fully saturated rings. The molecule has 0 saturated heterocycles. The molecule has 0 aliphatic heterocycles. The number of hydrogen-bond acceptors (Lipinski definition) is 2. The molecular formula is C18H24N2. The van der Waals surface area contributed by atoms with Crippen molar-refractivity contribution in [1.82, 2.24) is 0 Å². The van der Waals surface area contributed by atoms with Crippen molar-refractivity contribution in [3.63, 3.8) is 0 Å². The van der Waals surface area contributed by atoms with E-state index in [4.69, 9.17) is 5.73 Å². The van der Waals surface area contributed by atoms with Crippen LogP contribution < -0.4 is 10.6 Å². The third kappa shape index (κ3) is 4.10. The van der Waals surface area contributed by atoms with Crippen molar-refractivity contribution in [3.05, 3.63) is 65.7 Å². The number of anilines is 1. The van der Waals surface area contributed by atoms with Crippen LogP contribution in [0.3, 0.4) is 0 Å². The van der Waals surface area contributed by atoms with E-state index in [1.807, 2.05) is 6.07 Å². The summed E-state index contributed by atoms with van der Waals surface area (Å²) in [5.41, 5.74) is 10.2. The summed E-state index contributed by atoms with van der Waals surface area (Å²) in [6, 6.07) is 19.3. The van der Waals surface area contributed by atoms with Crippen LogP contribution in [0.25, 0.3) is 0 Å². The molecule has 106 valence electrons. The number of aryl methyl sites for hydroxylation is 1. The second-order valence-electron chi connectivity index (χ2n) is 5.32. The largest absolute Gasteiger partial charge is 0.370 e. The van der Waals surface area contributed by atoms with Crippen molar-refractivity contribution in [1.29, 1.82) is 0 Å². The van der Waals surface area contributed by atoms with Gasteiger partial charge in [0.2, 0.25) is 0 Å². The minimum atomic E-state index is 0.152. The van der Waals surface area contributed by atoms with Gasteiger partial charge in [0, 0.05) is 24.8 Å². The van der Waals surface area contributed by atoms with Gasteiger partial charge in [0.1, 0.15) is 0 Å². The predicted octanol–water partition coefficient (Wildman–Crippen LogP) is 3.39. The Morgan fingerprint density at radius 3 is 2.25 bits per heavy atom. The lowest BCUT2D eigenvalue weighted by Gasteiger charge is -2.26. The van der Waals surface area contributed by atoms with E-state index >= 15 is 0 Å². The van der Waals surface area contributed by atoms with Crippen LogP contribution in [0.2, 0.25) is 0 Å². The molecule has 0 aromatic heterocycles. The second-order valence-corrected chi connectivity index (χ2v) is 5.32. The van der Waals surface area contributed by atoms with Gasteiger partial charge in [0.25, 0.3) is 0 Å². The molecule has 2 heteroatoms. The molecule has 1 unspecified atom stereocenters. The van der Waals surface area contributed by atoms with Crippen LogP contribution in [0.5, 0.6) is 0 Å². The van der Waals surface area contributed by atoms with Crippen LogP contribution >= 0.6 is 0 Å². The second kappa shape index (κ2) is 7.11. The molecule has 20 heavy (non-hydrogen) atoms. The van der Waals surface area contributed by atoms with Gasteiger partial charge < -0.3 is 10.6 Å². The highest BCUT2D eigenvalue weighted by molar-refractivity contribution is 5.47. The number of nitrogens with two attached hydrogens (primary N) is 1. The van der Waals surface area contributed by atoms with E-state index in [1.54, 1.807) is 0 Å². The maximum atomic E-state index is 6.31. The lowest BCUT2D eigenvalue weighted by molar-refractivity contribution is 0.637. The van der Waals surface area contributed by atoms with Gasteiger partial charge in [0.15, 0.2) is 0 Å². The van der Waals surface area contributed by atoms with Crippen LogP contribution in [0, 0.1) is 6.92 Å². The Hall–Kier alpha value is -1.80. The SMILES string of the molecule is CCN(CC(N)Cc1ccccc1)c1ccc(C)cc1. The summed E-state index contributed by atoms with van der Waals surface area (Å²) in [6.45, 7) is 6.15. The Morgan fingerprint density at radius 2 is 1.65 bits per heavy atom. The molecule has 0 heterocycles. The van der Waals surface area contributed by atoms with Crippen LogP contribution in [0.15, 0.2) is 54.6 Å². The summed E-state index contributed by atoms with van der Waals surface area (Å²) >= 11 is 0. The molecule has 2 aromatic carbocycles. The normalized spacial score (nSPS) is 12.2. The molecule has 0 amide bonds. The molecule has 0 spiro atoms. The van der Waals surface area contributed by atoms with Crippen molar-refractivity contribution < 1.29 is 0 Å². The van der Waals surface area contributed by atoms with Crippen molar-refractivity contribution in [2.75, 3.05) is 18.0 Å². The Kier molecular flexibility index (Phi) is 5.19. The quantitative estimate of drug-likeness (QED) is 0.870. The fourth-order valence-corrected chi connectivity index (χ4v) is 2.44. The standard InChI is InChI=1S/C18H24N2/c1-3-20(18-11-9-15(2)10-12-18)14-17(19)13-16-7-5-4-6-8-16/h4-12,17H,3,13-14,19H2,1-2H3. The van der Waals surface area contributed by atoms with Gasteiger partial charge in [-0.05, 0) is 38.0 Å². The lowest BCUT2D eigenvalue weighted by atomic mass is 10.1. The summed E-state index contributed by atoms with van der Waals surface area (Å²) in [6.07, 6.45) is 0.920. The lowest BCUT2D eigenvalue weighted by Crippen LogP contribution is -2.39. The molecular weight excluding hydrogens is 244 g/mol. The van der Waals surface area contributed by atoms with Crippen molar-refractivity contribution in [2.24, 2.45) is 5.73 Å². The van der Waals surface area contributed by atoms with Crippen LogP contribution in [-0.4, -0.2) is 19.1 Å². The molecule has 1 atom stereocenters. The smallest absolute Gasteiger partial charge is 0.0366 e. The molecule has 2 nitrogen and oxygen atoms in total. The molecule has 0 bridgehead atoms. The van der Waals surface area contributed by atoms with E-state index in [2.05, 4.69) is 67.3 Å². The molecule has 2 rings (SSSR count). The third-order valence-electron chi connectivity index (χ3n) is 3.58.